The molecule has 4 rings (SSSR count). The number of aliphatic hydroxyl groups excluding tert-OH is 1. The SMILES string of the molecule is C[C@@H]1OC(=O)C[C@H]2[C@@H]3CCC4=C(O)C(=O)CC[C@]4(C)[C@H]3CC[C@]12C. The molecule has 6 atom stereocenters. The Morgan fingerprint density at radius 3 is 2.58 bits per heavy atom. The van der Waals surface area contributed by atoms with Crippen molar-refractivity contribution in [2.45, 2.75) is 71.8 Å². The Morgan fingerprint density at radius 2 is 1.83 bits per heavy atom. The summed E-state index contributed by atoms with van der Waals surface area (Å²) in [5.74, 6) is 1.23. The number of ketones is 1. The fourth-order valence-electron chi connectivity index (χ4n) is 6.48. The molecule has 0 spiro atoms. The van der Waals surface area contributed by atoms with Gasteiger partial charge in [-0.1, -0.05) is 13.8 Å². The van der Waals surface area contributed by atoms with Crippen LogP contribution in [0.5, 0.6) is 0 Å². The lowest BCUT2D eigenvalue weighted by Crippen LogP contribution is -2.57. The van der Waals surface area contributed by atoms with Crippen LogP contribution in [0.2, 0.25) is 0 Å². The molecule has 4 nitrogen and oxygen atoms in total. The number of Topliss-reactive ketones (excluding diaryl/α,β-unsaturated/α-hetero) is 1. The molecule has 0 aromatic carbocycles. The van der Waals surface area contributed by atoms with Gasteiger partial charge in [-0.25, -0.2) is 0 Å². The molecule has 0 unspecified atom stereocenters. The van der Waals surface area contributed by atoms with Crippen LogP contribution in [0.25, 0.3) is 0 Å². The van der Waals surface area contributed by atoms with Crippen LogP contribution in [0, 0.1) is 28.6 Å². The van der Waals surface area contributed by atoms with Crippen molar-refractivity contribution in [2.24, 2.45) is 28.6 Å². The van der Waals surface area contributed by atoms with E-state index in [9.17, 15) is 14.7 Å². The number of aliphatic hydroxyl groups is 1. The smallest absolute Gasteiger partial charge is 0.306 e. The highest BCUT2D eigenvalue weighted by molar-refractivity contribution is 5.95. The van der Waals surface area contributed by atoms with Crippen LogP contribution in [0.3, 0.4) is 0 Å². The van der Waals surface area contributed by atoms with E-state index in [2.05, 4.69) is 13.8 Å². The molecule has 1 aliphatic heterocycles. The van der Waals surface area contributed by atoms with Crippen LogP contribution in [-0.2, 0) is 14.3 Å². The van der Waals surface area contributed by atoms with Crippen LogP contribution < -0.4 is 0 Å². The maximum absolute atomic E-state index is 12.1. The van der Waals surface area contributed by atoms with Gasteiger partial charge in [-0.05, 0) is 67.8 Å². The zero-order valence-electron chi connectivity index (χ0n) is 14.9. The van der Waals surface area contributed by atoms with Crippen molar-refractivity contribution in [3.05, 3.63) is 11.3 Å². The molecule has 1 heterocycles. The summed E-state index contributed by atoms with van der Waals surface area (Å²) in [6.07, 6.45) is 5.74. The molecular formula is C20H28O4. The Bertz CT molecular complexity index is 636. The summed E-state index contributed by atoms with van der Waals surface area (Å²) >= 11 is 0. The highest BCUT2D eigenvalue weighted by atomic mass is 16.5. The molecular weight excluding hydrogens is 304 g/mol. The monoisotopic (exact) mass is 332 g/mol. The summed E-state index contributed by atoms with van der Waals surface area (Å²) in [6.45, 7) is 6.58. The molecule has 4 aliphatic rings. The minimum atomic E-state index is -0.0866. The van der Waals surface area contributed by atoms with Crippen molar-refractivity contribution in [3.8, 4) is 0 Å². The largest absolute Gasteiger partial charge is 0.504 e. The van der Waals surface area contributed by atoms with Crippen LogP contribution in [0.15, 0.2) is 11.3 Å². The van der Waals surface area contributed by atoms with Gasteiger partial charge in [0.2, 0.25) is 0 Å². The Balaban J connectivity index is 1.72. The quantitative estimate of drug-likeness (QED) is 0.682. The van der Waals surface area contributed by atoms with E-state index >= 15 is 0 Å². The average molecular weight is 332 g/mol. The summed E-state index contributed by atoms with van der Waals surface area (Å²) in [5, 5.41) is 10.4. The molecule has 1 N–H and O–H groups in total. The summed E-state index contributed by atoms with van der Waals surface area (Å²) in [7, 11) is 0. The molecule has 1 saturated heterocycles. The molecule has 0 bridgehead atoms. The second-order valence-electron chi connectivity index (χ2n) is 8.96. The van der Waals surface area contributed by atoms with E-state index in [-0.39, 0.29) is 34.4 Å². The third-order valence-electron chi connectivity index (χ3n) is 8.16. The fourth-order valence-corrected chi connectivity index (χ4v) is 6.48. The van der Waals surface area contributed by atoms with Crippen molar-refractivity contribution < 1.29 is 19.4 Å². The fraction of sp³-hybridized carbons (Fsp3) is 0.800. The third kappa shape index (κ3) is 1.98. The van der Waals surface area contributed by atoms with E-state index in [1.54, 1.807) is 0 Å². The second kappa shape index (κ2) is 5.09. The molecule has 132 valence electrons. The van der Waals surface area contributed by atoms with Crippen molar-refractivity contribution >= 4 is 11.8 Å². The molecule has 0 aromatic rings. The molecule has 24 heavy (non-hydrogen) atoms. The van der Waals surface area contributed by atoms with Gasteiger partial charge in [0.25, 0.3) is 0 Å². The van der Waals surface area contributed by atoms with Gasteiger partial charge >= 0.3 is 5.97 Å². The summed E-state index contributed by atoms with van der Waals surface area (Å²) in [5.41, 5.74) is 0.987. The first-order valence-electron chi connectivity index (χ1n) is 9.42. The first-order chi connectivity index (χ1) is 11.3. The van der Waals surface area contributed by atoms with E-state index in [1.165, 1.54) is 0 Å². The van der Waals surface area contributed by atoms with Crippen LogP contribution in [-0.4, -0.2) is 23.0 Å². The number of hydrogen-bond acceptors (Lipinski definition) is 4. The average Bonchev–Trinajstić information content (AvgIpc) is 2.53. The van der Waals surface area contributed by atoms with E-state index in [0.717, 1.165) is 37.7 Å². The van der Waals surface area contributed by atoms with Crippen molar-refractivity contribution in [3.63, 3.8) is 0 Å². The van der Waals surface area contributed by atoms with E-state index in [0.29, 0.717) is 30.6 Å². The predicted molar refractivity (Wildman–Crippen MR) is 89.2 cm³/mol. The van der Waals surface area contributed by atoms with Gasteiger partial charge in [0.05, 0.1) is 0 Å². The van der Waals surface area contributed by atoms with Crippen LogP contribution in [0.4, 0.5) is 0 Å². The minimum Gasteiger partial charge on any atom is -0.504 e. The third-order valence-corrected chi connectivity index (χ3v) is 8.16. The zero-order chi connectivity index (χ0) is 17.3. The van der Waals surface area contributed by atoms with Gasteiger partial charge in [-0.15, -0.1) is 0 Å². The van der Waals surface area contributed by atoms with Crippen LogP contribution in [0.1, 0.15) is 65.7 Å². The van der Waals surface area contributed by atoms with Gasteiger partial charge in [0.1, 0.15) is 6.10 Å². The number of fused-ring (bicyclic) bond motifs is 5. The number of esters is 1. The number of allylic oxidation sites excluding steroid dienone is 2. The number of hydrogen-bond donors (Lipinski definition) is 1. The van der Waals surface area contributed by atoms with Gasteiger partial charge in [-0.3, -0.25) is 9.59 Å². The topological polar surface area (TPSA) is 63.6 Å². The Hall–Kier alpha value is -1.32. The summed E-state index contributed by atoms with van der Waals surface area (Å²) in [6, 6.07) is 0. The molecule has 0 amide bonds. The van der Waals surface area contributed by atoms with Gasteiger partial charge in [0, 0.05) is 18.3 Å². The lowest BCUT2D eigenvalue weighted by atomic mass is 9.45. The van der Waals surface area contributed by atoms with E-state index in [4.69, 9.17) is 4.74 Å². The zero-order valence-corrected chi connectivity index (χ0v) is 14.9. The number of carbonyl (C=O) groups is 2. The van der Waals surface area contributed by atoms with E-state index in [1.807, 2.05) is 6.92 Å². The molecule has 2 saturated carbocycles. The first kappa shape index (κ1) is 16.2. The molecule has 0 radical (unpaired) electrons. The van der Waals surface area contributed by atoms with Crippen molar-refractivity contribution in [1.82, 2.24) is 0 Å². The van der Waals surface area contributed by atoms with Gasteiger partial charge in [0.15, 0.2) is 11.5 Å². The van der Waals surface area contributed by atoms with Crippen molar-refractivity contribution in [1.29, 1.82) is 0 Å². The standard InChI is InChI=1S/C20H28O4/c1-11-19(2)8-6-13-12(15(19)10-17(22)24-11)4-5-14-18(23)16(21)7-9-20(13,14)3/h11-13,15,23H,4-10H2,1-3H3/t11-,12+,13-,15-,19+,20+/m0/s1. The number of cyclic esters (lactones) is 1. The number of ether oxygens (including phenoxy) is 1. The number of rotatable bonds is 0. The lowest BCUT2D eigenvalue weighted by Gasteiger charge is -2.60. The van der Waals surface area contributed by atoms with Crippen LogP contribution >= 0.6 is 0 Å². The first-order valence-corrected chi connectivity index (χ1v) is 9.42. The lowest BCUT2D eigenvalue weighted by molar-refractivity contribution is -0.189. The molecule has 3 aliphatic carbocycles. The predicted octanol–water partition coefficient (Wildman–Crippen LogP) is 3.95. The highest BCUT2D eigenvalue weighted by Gasteiger charge is 2.59. The van der Waals surface area contributed by atoms with Crippen molar-refractivity contribution in [2.75, 3.05) is 0 Å². The summed E-state index contributed by atoms with van der Waals surface area (Å²) < 4.78 is 5.57. The minimum absolute atomic E-state index is 0.0178. The Morgan fingerprint density at radius 1 is 1.08 bits per heavy atom. The van der Waals surface area contributed by atoms with E-state index < -0.39 is 0 Å². The Kier molecular flexibility index (Phi) is 3.43. The van der Waals surface area contributed by atoms with Gasteiger partial charge < -0.3 is 9.84 Å². The number of carbonyl (C=O) groups excluding carboxylic acids is 2. The maximum atomic E-state index is 12.1. The molecule has 0 aromatic heterocycles. The Labute approximate surface area is 143 Å². The second-order valence-corrected chi connectivity index (χ2v) is 8.96. The highest BCUT2D eigenvalue weighted by Crippen LogP contribution is 2.64. The molecule has 3 fully saturated rings. The maximum Gasteiger partial charge on any atom is 0.306 e. The van der Waals surface area contributed by atoms with Gasteiger partial charge in [-0.2, -0.15) is 0 Å². The molecule has 4 heteroatoms. The normalized spacial score (nSPS) is 48.3. The summed E-state index contributed by atoms with van der Waals surface area (Å²) in [4.78, 5) is 24.0.